The van der Waals surface area contributed by atoms with Gasteiger partial charge in [-0.25, -0.2) is 0 Å². The van der Waals surface area contributed by atoms with Gasteiger partial charge in [-0.15, -0.1) is 0 Å². The Hall–Kier alpha value is -2.94. The summed E-state index contributed by atoms with van der Waals surface area (Å²) in [6.45, 7) is 0.435. The van der Waals surface area contributed by atoms with Crippen molar-refractivity contribution in [3.63, 3.8) is 0 Å². The smallest absolute Gasteiger partial charge is 0.142 e. The fourth-order valence-electron chi connectivity index (χ4n) is 2.09. The fraction of sp³-hybridized carbons (Fsp3) is 0.0526. The summed E-state index contributed by atoms with van der Waals surface area (Å²) >= 11 is 0. The van der Waals surface area contributed by atoms with Crippen LogP contribution in [0.25, 0.3) is 0 Å². The van der Waals surface area contributed by atoms with Crippen LogP contribution in [-0.4, -0.2) is 10.7 Å². The number of pyridine rings is 1. The van der Waals surface area contributed by atoms with E-state index >= 15 is 0 Å². The second kappa shape index (κ2) is 7.18. The average molecular weight is 288 g/mol. The van der Waals surface area contributed by atoms with Gasteiger partial charge in [-0.2, -0.15) is 0 Å². The highest BCUT2D eigenvalue weighted by Crippen LogP contribution is 2.10. The zero-order chi connectivity index (χ0) is 15.0. The van der Waals surface area contributed by atoms with Crippen molar-refractivity contribution in [1.82, 2.24) is 4.98 Å². The van der Waals surface area contributed by atoms with Gasteiger partial charge >= 0.3 is 0 Å². The summed E-state index contributed by atoms with van der Waals surface area (Å²) in [5.74, 6) is 0. The molecule has 3 rings (SSSR count). The van der Waals surface area contributed by atoms with Crippen molar-refractivity contribution in [2.45, 2.75) is 6.61 Å². The third kappa shape index (κ3) is 3.58. The number of oxime groups is 1. The van der Waals surface area contributed by atoms with Crippen molar-refractivity contribution in [1.29, 1.82) is 0 Å². The molecule has 0 fully saturated rings. The van der Waals surface area contributed by atoms with Crippen LogP contribution in [0.15, 0.2) is 90.2 Å². The molecule has 0 atom stereocenters. The lowest BCUT2D eigenvalue weighted by Crippen LogP contribution is -2.06. The van der Waals surface area contributed by atoms with Gasteiger partial charge in [-0.1, -0.05) is 71.9 Å². The Labute approximate surface area is 129 Å². The van der Waals surface area contributed by atoms with Gasteiger partial charge in [-0.3, -0.25) is 4.98 Å². The molecule has 0 aliphatic carbocycles. The summed E-state index contributed by atoms with van der Waals surface area (Å²) in [7, 11) is 0. The van der Waals surface area contributed by atoms with Crippen molar-refractivity contribution in [3.8, 4) is 0 Å². The maximum absolute atomic E-state index is 5.54. The van der Waals surface area contributed by atoms with Crippen molar-refractivity contribution in [3.05, 3.63) is 102 Å². The van der Waals surface area contributed by atoms with Crippen LogP contribution in [0, 0.1) is 0 Å². The molecular weight excluding hydrogens is 272 g/mol. The lowest BCUT2D eigenvalue weighted by atomic mass is 10.1. The molecule has 0 radical (unpaired) electrons. The van der Waals surface area contributed by atoms with E-state index < -0.39 is 0 Å². The molecule has 0 aliphatic rings. The minimum Gasteiger partial charge on any atom is -0.390 e. The fourth-order valence-corrected chi connectivity index (χ4v) is 2.09. The standard InChI is InChI=1S/C19H16N2O/c1-3-9-16(10-4-1)15-22-21-19(17-11-5-2-6-12-17)18-13-7-8-14-20-18/h1-14H,15H2. The van der Waals surface area contributed by atoms with Crippen LogP contribution in [0.4, 0.5) is 0 Å². The molecule has 3 aromatic rings. The first kappa shape index (κ1) is 14.0. The Morgan fingerprint density at radius 2 is 1.50 bits per heavy atom. The Kier molecular flexibility index (Phi) is 4.57. The summed E-state index contributed by atoms with van der Waals surface area (Å²) in [6, 6.07) is 25.7. The van der Waals surface area contributed by atoms with Crippen LogP contribution in [0.1, 0.15) is 16.8 Å². The number of aromatic nitrogens is 1. The zero-order valence-electron chi connectivity index (χ0n) is 12.1. The first-order valence-corrected chi connectivity index (χ1v) is 7.14. The monoisotopic (exact) mass is 288 g/mol. The molecule has 108 valence electrons. The predicted molar refractivity (Wildman–Crippen MR) is 87.5 cm³/mol. The molecule has 22 heavy (non-hydrogen) atoms. The quantitative estimate of drug-likeness (QED) is 0.524. The maximum atomic E-state index is 5.54. The molecule has 0 saturated heterocycles. The molecular formula is C19H16N2O. The topological polar surface area (TPSA) is 34.5 Å². The molecule has 1 heterocycles. The van der Waals surface area contributed by atoms with Gasteiger partial charge < -0.3 is 4.84 Å². The Balaban J connectivity index is 1.84. The molecule has 0 amide bonds. The lowest BCUT2D eigenvalue weighted by molar-refractivity contribution is 0.131. The van der Waals surface area contributed by atoms with Crippen molar-refractivity contribution < 1.29 is 4.84 Å². The molecule has 2 aromatic carbocycles. The van der Waals surface area contributed by atoms with Gasteiger partial charge in [0.15, 0.2) is 0 Å². The highest BCUT2D eigenvalue weighted by molar-refractivity contribution is 6.11. The van der Waals surface area contributed by atoms with E-state index in [4.69, 9.17) is 4.84 Å². The Bertz CT molecular complexity index is 684. The van der Waals surface area contributed by atoms with Crippen LogP contribution < -0.4 is 0 Å². The minimum absolute atomic E-state index is 0.435. The van der Waals surface area contributed by atoms with Gasteiger partial charge in [0.25, 0.3) is 0 Å². The predicted octanol–water partition coefficient (Wildman–Crippen LogP) is 4.05. The van der Waals surface area contributed by atoms with Crippen molar-refractivity contribution in [2.24, 2.45) is 5.16 Å². The summed E-state index contributed by atoms with van der Waals surface area (Å²) in [4.78, 5) is 9.91. The first-order valence-electron chi connectivity index (χ1n) is 7.14. The molecule has 0 N–H and O–H groups in total. The molecule has 0 spiro atoms. The first-order chi connectivity index (χ1) is 10.9. The van der Waals surface area contributed by atoms with Crippen LogP contribution in [0.5, 0.6) is 0 Å². The number of benzene rings is 2. The van der Waals surface area contributed by atoms with Gasteiger partial charge in [0.2, 0.25) is 0 Å². The largest absolute Gasteiger partial charge is 0.390 e. The summed E-state index contributed by atoms with van der Waals surface area (Å²) in [5, 5.41) is 4.31. The van der Waals surface area contributed by atoms with E-state index in [1.807, 2.05) is 78.9 Å². The minimum atomic E-state index is 0.435. The van der Waals surface area contributed by atoms with E-state index in [0.717, 1.165) is 22.5 Å². The lowest BCUT2D eigenvalue weighted by Gasteiger charge is -2.06. The third-order valence-corrected chi connectivity index (χ3v) is 3.18. The van der Waals surface area contributed by atoms with E-state index in [1.165, 1.54) is 0 Å². The second-order valence-electron chi connectivity index (χ2n) is 4.78. The highest BCUT2D eigenvalue weighted by atomic mass is 16.6. The van der Waals surface area contributed by atoms with Gasteiger partial charge in [0, 0.05) is 11.8 Å². The van der Waals surface area contributed by atoms with Gasteiger partial charge in [0.05, 0.1) is 5.69 Å². The SMILES string of the molecule is c1ccc(CON=C(c2ccccc2)c2ccccn2)cc1. The highest BCUT2D eigenvalue weighted by Gasteiger charge is 2.08. The molecule has 0 unspecified atom stereocenters. The maximum Gasteiger partial charge on any atom is 0.142 e. The van der Waals surface area contributed by atoms with E-state index in [0.29, 0.717) is 6.61 Å². The van der Waals surface area contributed by atoms with E-state index in [-0.39, 0.29) is 0 Å². The normalized spacial score (nSPS) is 11.2. The molecule has 0 aliphatic heterocycles. The number of nitrogens with zero attached hydrogens (tertiary/aromatic N) is 2. The average Bonchev–Trinajstić information content (AvgIpc) is 2.61. The van der Waals surface area contributed by atoms with E-state index in [9.17, 15) is 0 Å². The van der Waals surface area contributed by atoms with Crippen LogP contribution in [-0.2, 0) is 11.4 Å². The number of hydrogen-bond acceptors (Lipinski definition) is 3. The Morgan fingerprint density at radius 1 is 0.818 bits per heavy atom. The molecule has 0 bridgehead atoms. The third-order valence-electron chi connectivity index (χ3n) is 3.18. The Morgan fingerprint density at radius 3 is 2.18 bits per heavy atom. The molecule has 1 aromatic heterocycles. The summed E-state index contributed by atoms with van der Waals surface area (Å²) < 4.78 is 0. The summed E-state index contributed by atoms with van der Waals surface area (Å²) in [6.07, 6.45) is 1.75. The zero-order valence-corrected chi connectivity index (χ0v) is 12.1. The van der Waals surface area contributed by atoms with Crippen molar-refractivity contribution >= 4 is 5.71 Å². The van der Waals surface area contributed by atoms with Crippen LogP contribution in [0.3, 0.4) is 0 Å². The molecule has 3 nitrogen and oxygen atoms in total. The van der Waals surface area contributed by atoms with Gasteiger partial charge in [0.1, 0.15) is 12.3 Å². The molecule has 0 saturated carbocycles. The molecule has 3 heteroatoms. The van der Waals surface area contributed by atoms with Crippen LogP contribution >= 0.6 is 0 Å². The summed E-state index contributed by atoms with van der Waals surface area (Å²) in [5.41, 5.74) is 3.59. The van der Waals surface area contributed by atoms with Crippen LogP contribution in [0.2, 0.25) is 0 Å². The number of rotatable bonds is 5. The van der Waals surface area contributed by atoms with Crippen molar-refractivity contribution in [2.75, 3.05) is 0 Å². The van der Waals surface area contributed by atoms with E-state index in [1.54, 1.807) is 6.20 Å². The second-order valence-corrected chi connectivity index (χ2v) is 4.78. The number of hydrogen-bond donors (Lipinski definition) is 0. The van der Waals surface area contributed by atoms with Gasteiger partial charge in [-0.05, 0) is 17.7 Å². The van der Waals surface area contributed by atoms with E-state index in [2.05, 4.69) is 10.1 Å².